The molecule has 1 aliphatic rings. The third-order valence-corrected chi connectivity index (χ3v) is 5.34. The van der Waals surface area contributed by atoms with Crippen LogP contribution in [0.3, 0.4) is 0 Å². The van der Waals surface area contributed by atoms with E-state index in [0.717, 1.165) is 13.0 Å². The summed E-state index contributed by atoms with van der Waals surface area (Å²) in [6, 6.07) is -4.12. The first-order chi connectivity index (χ1) is 14.1. The fourth-order valence-corrected chi connectivity index (χ4v) is 3.22. The van der Waals surface area contributed by atoms with Crippen LogP contribution < -0.4 is 21.3 Å². The van der Waals surface area contributed by atoms with E-state index < -0.39 is 48.3 Å². The van der Waals surface area contributed by atoms with Crippen LogP contribution in [0.25, 0.3) is 0 Å². The smallest absolute Gasteiger partial charge is 0.326 e. The first-order valence-corrected chi connectivity index (χ1v) is 10.4. The van der Waals surface area contributed by atoms with Crippen molar-refractivity contribution >= 4 is 42.3 Å². The molecule has 0 aromatic rings. The van der Waals surface area contributed by atoms with Crippen molar-refractivity contribution < 1.29 is 34.2 Å². The number of thiol groups is 1. The van der Waals surface area contributed by atoms with Crippen molar-refractivity contribution in [2.45, 2.75) is 63.7 Å². The van der Waals surface area contributed by atoms with Gasteiger partial charge in [-0.15, -0.1) is 0 Å². The molecule has 0 aromatic carbocycles. The van der Waals surface area contributed by atoms with E-state index in [1.54, 1.807) is 6.92 Å². The Morgan fingerprint density at radius 3 is 2.17 bits per heavy atom. The zero-order chi connectivity index (χ0) is 22.8. The second-order valence-electron chi connectivity index (χ2n) is 7.26. The maximum Gasteiger partial charge on any atom is 0.326 e. The molecule has 5 unspecified atom stereocenters. The number of hydrogen-bond donors (Lipinski definition) is 7. The minimum Gasteiger partial charge on any atom is -0.481 e. The molecule has 6 N–H and O–H groups in total. The van der Waals surface area contributed by atoms with Gasteiger partial charge in [0.25, 0.3) is 0 Å². The van der Waals surface area contributed by atoms with Crippen molar-refractivity contribution in [1.29, 1.82) is 0 Å². The number of amides is 3. The molecule has 12 heteroatoms. The second kappa shape index (κ2) is 12.4. The molecule has 0 saturated carbocycles. The number of carbonyl (C=O) groups is 5. The van der Waals surface area contributed by atoms with Gasteiger partial charge in [-0.2, -0.15) is 12.6 Å². The molecule has 170 valence electrons. The highest BCUT2D eigenvalue weighted by atomic mass is 32.1. The highest BCUT2D eigenvalue weighted by Crippen LogP contribution is 2.11. The number of carboxylic acid groups (broad SMARTS) is 2. The summed E-state index contributed by atoms with van der Waals surface area (Å²) in [5, 5.41) is 28.2. The van der Waals surface area contributed by atoms with E-state index in [1.807, 2.05) is 6.92 Å². The Bertz CT molecular complexity index is 654. The minimum absolute atomic E-state index is 0.150. The van der Waals surface area contributed by atoms with Gasteiger partial charge in [0.2, 0.25) is 17.7 Å². The molecule has 3 amide bonds. The lowest BCUT2D eigenvalue weighted by molar-refractivity contribution is -0.147. The summed E-state index contributed by atoms with van der Waals surface area (Å²) in [6.45, 7) is 4.37. The van der Waals surface area contributed by atoms with Crippen LogP contribution in [-0.4, -0.2) is 76.3 Å². The Morgan fingerprint density at radius 2 is 1.70 bits per heavy atom. The third kappa shape index (κ3) is 7.82. The SMILES string of the molecule is CCC(C)C(NC(=O)C1CCCN1)C(=O)NC(CS)C(=O)NC(CC(=O)O)C(=O)O. The number of nitrogens with one attached hydrogen (secondary N) is 4. The molecule has 0 bridgehead atoms. The van der Waals surface area contributed by atoms with Gasteiger partial charge < -0.3 is 31.5 Å². The first-order valence-electron chi connectivity index (χ1n) is 9.80. The molecule has 0 spiro atoms. The number of carboxylic acids is 2. The maximum absolute atomic E-state index is 12.8. The van der Waals surface area contributed by atoms with Gasteiger partial charge in [-0.05, 0) is 25.3 Å². The Labute approximate surface area is 180 Å². The predicted molar refractivity (Wildman–Crippen MR) is 110 cm³/mol. The second-order valence-corrected chi connectivity index (χ2v) is 7.63. The molecule has 30 heavy (non-hydrogen) atoms. The van der Waals surface area contributed by atoms with Crippen LogP contribution in [0.2, 0.25) is 0 Å². The highest BCUT2D eigenvalue weighted by Gasteiger charge is 2.33. The topological polar surface area (TPSA) is 174 Å². The highest BCUT2D eigenvalue weighted by molar-refractivity contribution is 7.80. The van der Waals surface area contributed by atoms with Crippen LogP contribution >= 0.6 is 12.6 Å². The minimum atomic E-state index is -1.65. The van der Waals surface area contributed by atoms with Crippen LogP contribution in [0.1, 0.15) is 39.5 Å². The van der Waals surface area contributed by atoms with E-state index in [9.17, 15) is 24.0 Å². The monoisotopic (exact) mass is 446 g/mol. The van der Waals surface area contributed by atoms with Crippen molar-refractivity contribution in [3.8, 4) is 0 Å². The molecular weight excluding hydrogens is 416 g/mol. The summed E-state index contributed by atoms with van der Waals surface area (Å²) in [5.41, 5.74) is 0. The van der Waals surface area contributed by atoms with Crippen molar-refractivity contribution in [3.05, 3.63) is 0 Å². The zero-order valence-electron chi connectivity index (χ0n) is 17.0. The van der Waals surface area contributed by atoms with Gasteiger partial charge in [-0.3, -0.25) is 19.2 Å². The molecular formula is C18H30N4O7S. The van der Waals surface area contributed by atoms with Crippen LogP contribution in [0, 0.1) is 5.92 Å². The summed E-state index contributed by atoms with van der Waals surface area (Å²) in [7, 11) is 0. The Kier molecular flexibility index (Phi) is 10.6. The lowest BCUT2D eigenvalue weighted by Gasteiger charge is -2.27. The van der Waals surface area contributed by atoms with Crippen LogP contribution in [-0.2, 0) is 24.0 Å². The standard InChI is InChI=1S/C18H30N4O7S/c1-3-9(2)14(22-15(25)10-5-4-6-19-10)17(27)21-12(8-30)16(26)20-11(18(28)29)7-13(23)24/h9-12,14,19,30H,3-8H2,1-2H3,(H,20,26)(H,21,27)(H,22,25)(H,23,24)(H,28,29). The molecule has 1 aliphatic heterocycles. The molecule has 0 aliphatic carbocycles. The van der Waals surface area contributed by atoms with Gasteiger partial charge in [0, 0.05) is 5.75 Å². The quantitative estimate of drug-likeness (QED) is 0.182. The van der Waals surface area contributed by atoms with Crippen molar-refractivity contribution in [1.82, 2.24) is 21.3 Å². The van der Waals surface area contributed by atoms with Crippen LogP contribution in [0.15, 0.2) is 0 Å². The number of rotatable bonds is 12. The van der Waals surface area contributed by atoms with Crippen LogP contribution in [0.5, 0.6) is 0 Å². The van der Waals surface area contributed by atoms with E-state index in [0.29, 0.717) is 12.8 Å². The largest absolute Gasteiger partial charge is 0.481 e. The van der Waals surface area contributed by atoms with E-state index in [-0.39, 0.29) is 23.6 Å². The van der Waals surface area contributed by atoms with E-state index >= 15 is 0 Å². The Morgan fingerprint density at radius 1 is 1.07 bits per heavy atom. The third-order valence-electron chi connectivity index (χ3n) is 4.98. The maximum atomic E-state index is 12.8. The molecule has 1 saturated heterocycles. The van der Waals surface area contributed by atoms with Gasteiger partial charge in [-0.1, -0.05) is 20.3 Å². The predicted octanol–water partition coefficient (Wildman–Crippen LogP) is -1.27. The molecule has 11 nitrogen and oxygen atoms in total. The average molecular weight is 447 g/mol. The van der Waals surface area contributed by atoms with Gasteiger partial charge in [-0.25, -0.2) is 4.79 Å². The molecule has 1 rings (SSSR count). The van der Waals surface area contributed by atoms with Crippen molar-refractivity contribution in [3.63, 3.8) is 0 Å². The molecule has 1 fully saturated rings. The van der Waals surface area contributed by atoms with Crippen LogP contribution in [0.4, 0.5) is 0 Å². The number of hydrogen-bond acceptors (Lipinski definition) is 7. The van der Waals surface area contributed by atoms with Crippen molar-refractivity contribution in [2.75, 3.05) is 12.3 Å². The Balaban J connectivity index is 2.82. The average Bonchev–Trinajstić information content (AvgIpc) is 3.23. The van der Waals surface area contributed by atoms with E-state index in [2.05, 4.69) is 33.9 Å². The normalized spacial score (nSPS) is 19.8. The van der Waals surface area contributed by atoms with Crippen molar-refractivity contribution in [2.24, 2.45) is 5.92 Å². The van der Waals surface area contributed by atoms with E-state index in [1.165, 1.54) is 0 Å². The van der Waals surface area contributed by atoms with Gasteiger partial charge in [0.15, 0.2) is 0 Å². The van der Waals surface area contributed by atoms with E-state index in [4.69, 9.17) is 10.2 Å². The summed E-state index contributed by atoms with van der Waals surface area (Å²) < 4.78 is 0. The van der Waals surface area contributed by atoms with Gasteiger partial charge in [0.1, 0.15) is 18.1 Å². The lowest BCUT2D eigenvalue weighted by atomic mass is 9.97. The lowest BCUT2D eigenvalue weighted by Crippen LogP contribution is -2.59. The molecule has 1 heterocycles. The fourth-order valence-electron chi connectivity index (χ4n) is 2.97. The Hall–Kier alpha value is -2.34. The summed E-state index contributed by atoms with van der Waals surface area (Å²) in [4.78, 5) is 59.5. The van der Waals surface area contributed by atoms with Gasteiger partial charge in [0.05, 0.1) is 12.5 Å². The zero-order valence-corrected chi connectivity index (χ0v) is 17.9. The molecule has 0 aromatic heterocycles. The molecule has 5 atom stereocenters. The molecule has 0 radical (unpaired) electrons. The summed E-state index contributed by atoms with van der Waals surface area (Å²) >= 11 is 4.02. The number of aliphatic carboxylic acids is 2. The summed E-state index contributed by atoms with van der Waals surface area (Å²) in [5.74, 6) is -5.06. The fraction of sp³-hybridized carbons (Fsp3) is 0.722. The van der Waals surface area contributed by atoms with Gasteiger partial charge >= 0.3 is 11.9 Å². The number of carbonyl (C=O) groups excluding carboxylic acids is 3. The first kappa shape index (κ1) is 25.7. The summed E-state index contributed by atoms with van der Waals surface area (Å²) in [6.07, 6.45) is 1.31.